The standard InChI is InChI=1S/C10H16O2/c1-3-4-9-5-7-10(2,12-11)8-6-9/h3,5,7,9,11H,1,4,6,8H2,2H3/t9-,10?/m1/s1. The normalized spacial score (nSPS) is 35.0. The lowest BCUT2D eigenvalue weighted by Crippen LogP contribution is -2.28. The maximum atomic E-state index is 8.60. The molecule has 2 atom stereocenters. The number of allylic oxidation sites excluding steroid dienone is 2. The van der Waals surface area contributed by atoms with Gasteiger partial charge in [0.25, 0.3) is 0 Å². The third kappa shape index (κ3) is 2.19. The predicted molar refractivity (Wildman–Crippen MR) is 48.8 cm³/mol. The van der Waals surface area contributed by atoms with Crippen molar-refractivity contribution in [1.82, 2.24) is 0 Å². The van der Waals surface area contributed by atoms with Crippen molar-refractivity contribution in [2.75, 3.05) is 0 Å². The van der Waals surface area contributed by atoms with Crippen LogP contribution in [0.3, 0.4) is 0 Å². The smallest absolute Gasteiger partial charge is 0.119 e. The molecule has 0 heterocycles. The van der Waals surface area contributed by atoms with Crippen LogP contribution in [-0.2, 0) is 4.89 Å². The van der Waals surface area contributed by atoms with Gasteiger partial charge in [0, 0.05) is 0 Å². The van der Waals surface area contributed by atoms with Crippen molar-refractivity contribution in [2.24, 2.45) is 5.92 Å². The Morgan fingerprint density at radius 1 is 1.83 bits per heavy atom. The van der Waals surface area contributed by atoms with Crippen molar-refractivity contribution in [3.8, 4) is 0 Å². The van der Waals surface area contributed by atoms with Gasteiger partial charge < -0.3 is 0 Å². The van der Waals surface area contributed by atoms with Crippen molar-refractivity contribution in [3.63, 3.8) is 0 Å². The maximum Gasteiger partial charge on any atom is 0.119 e. The second-order valence-corrected chi connectivity index (χ2v) is 3.59. The second kappa shape index (κ2) is 3.87. The Morgan fingerprint density at radius 2 is 2.58 bits per heavy atom. The van der Waals surface area contributed by atoms with Crippen LogP contribution in [0.15, 0.2) is 24.8 Å². The first-order valence-corrected chi connectivity index (χ1v) is 4.33. The lowest BCUT2D eigenvalue weighted by Gasteiger charge is -2.28. The van der Waals surface area contributed by atoms with Crippen LogP contribution in [0.2, 0.25) is 0 Å². The SMILES string of the molecule is C=CC[C@@H]1C=CC(C)(OO)CC1. The van der Waals surface area contributed by atoms with Crippen molar-refractivity contribution in [1.29, 1.82) is 0 Å². The molecule has 0 spiro atoms. The summed E-state index contributed by atoms with van der Waals surface area (Å²) in [5, 5.41) is 8.60. The highest BCUT2D eigenvalue weighted by Crippen LogP contribution is 2.29. The monoisotopic (exact) mass is 168 g/mol. The Kier molecular flexibility index (Phi) is 3.06. The van der Waals surface area contributed by atoms with Crippen LogP contribution in [0.4, 0.5) is 0 Å². The predicted octanol–water partition coefficient (Wildman–Crippen LogP) is 2.78. The molecule has 0 aromatic heterocycles. The van der Waals surface area contributed by atoms with E-state index in [1.54, 1.807) is 0 Å². The fourth-order valence-electron chi connectivity index (χ4n) is 1.48. The first-order valence-electron chi connectivity index (χ1n) is 4.33. The summed E-state index contributed by atoms with van der Waals surface area (Å²) < 4.78 is 0. The maximum absolute atomic E-state index is 8.60. The second-order valence-electron chi connectivity index (χ2n) is 3.59. The summed E-state index contributed by atoms with van der Waals surface area (Å²) in [7, 11) is 0. The molecule has 1 aliphatic rings. The highest BCUT2D eigenvalue weighted by atomic mass is 17.1. The molecule has 0 bridgehead atoms. The summed E-state index contributed by atoms with van der Waals surface area (Å²) in [4.78, 5) is 4.39. The molecule has 0 fully saturated rings. The van der Waals surface area contributed by atoms with E-state index in [2.05, 4.69) is 17.5 Å². The minimum absolute atomic E-state index is 0.461. The van der Waals surface area contributed by atoms with Gasteiger partial charge >= 0.3 is 0 Å². The lowest BCUT2D eigenvalue weighted by molar-refractivity contribution is -0.305. The zero-order valence-corrected chi connectivity index (χ0v) is 7.49. The van der Waals surface area contributed by atoms with E-state index >= 15 is 0 Å². The molecule has 1 N–H and O–H groups in total. The summed E-state index contributed by atoms with van der Waals surface area (Å²) >= 11 is 0. The van der Waals surface area contributed by atoms with Gasteiger partial charge in [0.2, 0.25) is 0 Å². The van der Waals surface area contributed by atoms with Crippen LogP contribution in [0.1, 0.15) is 26.2 Å². The molecule has 1 rings (SSSR count). The zero-order valence-electron chi connectivity index (χ0n) is 7.49. The van der Waals surface area contributed by atoms with E-state index in [1.807, 2.05) is 19.1 Å². The number of hydrogen-bond acceptors (Lipinski definition) is 2. The van der Waals surface area contributed by atoms with Crippen LogP contribution >= 0.6 is 0 Å². The Hall–Kier alpha value is -0.600. The molecule has 0 aromatic rings. The topological polar surface area (TPSA) is 29.5 Å². The van der Waals surface area contributed by atoms with Gasteiger partial charge in [-0.1, -0.05) is 18.2 Å². The van der Waals surface area contributed by atoms with Gasteiger partial charge in [-0.3, -0.25) is 5.26 Å². The van der Waals surface area contributed by atoms with Gasteiger partial charge in [-0.2, -0.15) is 0 Å². The Balaban J connectivity index is 2.52. The quantitative estimate of drug-likeness (QED) is 0.399. The molecule has 12 heavy (non-hydrogen) atoms. The molecule has 0 amide bonds. The fraction of sp³-hybridized carbons (Fsp3) is 0.600. The highest BCUT2D eigenvalue weighted by molar-refractivity contribution is 5.07. The van der Waals surface area contributed by atoms with Crippen molar-refractivity contribution >= 4 is 0 Å². The van der Waals surface area contributed by atoms with Crippen LogP contribution < -0.4 is 0 Å². The van der Waals surface area contributed by atoms with Gasteiger partial charge in [0.1, 0.15) is 5.60 Å². The van der Waals surface area contributed by atoms with Crippen LogP contribution in [0, 0.1) is 5.92 Å². The van der Waals surface area contributed by atoms with E-state index in [9.17, 15) is 0 Å². The summed E-state index contributed by atoms with van der Waals surface area (Å²) in [5.41, 5.74) is -0.461. The number of hydrogen-bond donors (Lipinski definition) is 1. The molecule has 0 aliphatic heterocycles. The molecule has 68 valence electrons. The molecule has 0 saturated heterocycles. The van der Waals surface area contributed by atoms with Crippen LogP contribution in [0.25, 0.3) is 0 Å². The van der Waals surface area contributed by atoms with E-state index < -0.39 is 5.60 Å². The largest absolute Gasteiger partial charge is 0.251 e. The van der Waals surface area contributed by atoms with Gasteiger partial charge in [0.15, 0.2) is 0 Å². The van der Waals surface area contributed by atoms with Gasteiger partial charge in [-0.05, 0) is 32.1 Å². The molecule has 0 radical (unpaired) electrons. The average Bonchev–Trinajstić information content (AvgIpc) is 2.10. The third-order valence-electron chi connectivity index (χ3n) is 2.41. The molecule has 1 unspecified atom stereocenters. The zero-order chi connectivity index (χ0) is 9.03. The number of rotatable bonds is 3. The van der Waals surface area contributed by atoms with E-state index in [4.69, 9.17) is 5.26 Å². The summed E-state index contributed by atoms with van der Waals surface area (Å²) in [6, 6.07) is 0. The Morgan fingerprint density at radius 3 is 3.00 bits per heavy atom. The van der Waals surface area contributed by atoms with Crippen LogP contribution in [0.5, 0.6) is 0 Å². The van der Waals surface area contributed by atoms with Gasteiger partial charge in [-0.15, -0.1) is 6.58 Å². The molecule has 2 heteroatoms. The van der Waals surface area contributed by atoms with Crippen molar-refractivity contribution in [3.05, 3.63) is 24.8 Å². The first-order chi connectivity index (χ1) is 5.70. The molecule has 1 aliphatic carbocycles. The Bertz CT molecular complexity index is 186. The summed E-state index contributed by atoms with van der Waals surface area (Å²) in [6.45, 7) is 5.58. The third-order valence-corrected chi connectivity index (χ3v) is 2.41. The highest BCUT2D eigenvalue weighted by Gasteiger charge is 2.26. The first kappa shape index (κ1) is 9.49. The molecule has 0 saturated carbocycles. The van der Waals surface area contributed by atoms with E-state index in [0.717, 1.165) is 19.3 Å². The van der Waals surface area contributed by atoms with Crippen LogP contribution in [-0.4, -0.2) is 10.9 Å². The summed E-state index contributed by atoms with van der Waals surface area (Å²) in [5.74, 6) is 0.575. The van der Waals surface area contributed by atoms with Gasteiger partial charge in [-0.25, -0.2) is 4.89 Å². The van der Waals surface area contributed by atoms with E-state index in [1.165, 1.54) is 0 Å². The average molecular weight is 168 g/mol. The molecular weight excluding hydrogens is 152 g/mol. The minimum Gasteiger partial charge on any atom is -0.251 e. The van der Waals surface area contributed by atoms with E-state index in [0.29, 0.717) is 5.92 Å². The Labute approximate surface area is 73.5 Å². The molecule has 0 aromatic carbocycles. The minimum atomic E-state index is -0.461. The van der Waals surface area contributed by atoms with Crippen molar-refractivity contribution in [2.45, 2.75) is 31.8 Å². The van der Waals surface area contributed by atoms with E-state index in [-0.39, 0.29) is 0 Å². The fourth-order valence-corrected chi connectivity index (χ4v) is 1.48. The summed E-state index contributed by atoms with van der Waals surface area (Å²) in [6.07, 6.45) is 8.90. The molecular formula is C10H16O2. The van der Waals surface area contributed by atoms with Crippen molar-refractivity contribution < 1.29 is 10.1 Å². The lowest BCUT2D eigenvalue weighted by atomic mass is 9.85. The molecule has 2 nitrogen and oxygen atoms in total. The van der Waals surface area contributed by atoms with Gasteiger partial charge in [0.05, 0.1) is 0 Å².